The van der Waals surface area contributed by atoms with Crippen LogP contribution in [0.2, 0.25) is 0 Å². The van der Waals surface area contributed by atoms with E-state index in [1.165, 1.54) is 36.9 Å². The molecule has 0 amide bonds. The van der Waals surface area contributed by atoms with E-state index in [1.807, 2.05) is 0 Å². The third-order valence-corrected chi connectivity index (χ3v) is 4.86. The van der Waals surface area contributed by atoms with Gasteiger partial charge in [0.1, 0.15) is 5.82 Å². The smallest absolute Gasteiger partial charge is 0.128 e. The van der Waals surface area contributed by atoms with E-state index in [0.717, 1.165) is 37.5 Å². The number of piperidine rings is 1. The first-order chi connectivity index (χ1) is 10.1. The van der Waals surface area contributed by atoms with Crippen LogP contribution in [0, 0.1) is 6.92 Å². The lowest BCUT2D eigenvalue weighted by Gasteiger charge is -2.36. The summed E-state index contributed by atoms with van der Waals surface area (Å²) in [5.74, 6) is 1.15. The fourth-order valence-corrected chi connectivity index (χ4v) is 3.09. The topological polar surface area (TPSA) is 31.4 Å². The molecule has 4 nitrogen and oxygen atoms in total. The Morgan fingerprint density at radius 2 is 1.90 bits per heavy atom. The molecule has 0 unspecified atom stereocenters. The lowest BCUT2D eigenvalue weighted by atomic mass is 10.0. The SMILES string of the molecule is Cc1nc(N2CCC(N(C)C)CC2)ccc1CNC1CC1. The molecule has 1 aromatic rings. The molecule has 0 aromatic carbocycles. The van der Waals surface area contributed by atoms with Crippen molar-refractivity contribution in [3.05, 3.63) is 23.4 Å². The third kappa shape index (κ3) is 3.74. The monoisotopic (exact) mass is 288 g/mol. The zero-order chi connectivity index (χ0) is 14.8. The number of rotatable bonds is 5. The molecular weight excluding hydrogens is 260 g/mol. The molecule has 21 heavy (non-hydrogen) atoms. The fraction of sp³-hybridized carbons (Fsp3) is 0.706. The van der Waals surface area contributed by atoms with Gasteiger partial charge in [-0.3, -0.25) is 0 Å². The van der Waals surface area contributed by atoms with Gasteiger partial charge < -0.3 is 15.1 Å². The van der Waals surface area contributed by atoms with Gasteiger partial charge in [0.25, 0.3) is 0 Å². The van der Waals surface area contributed by atoms with Crippen molar-refractivity contribution in [2.24, 2.45) is 0 Å². The number of nitrogens with one attached hydrogen (secondary N) is 1. The van der Waals surface area contributed by atoms with Crippen molar-refractivity contribution in [3.63, 3.8) is 0 Å². The fourth-order valence-electron chi connectivity index (χ4n) is 3.09. The van der Waals surface area contributed by atoms with Crippen molar-refractivity contribution in [2.75, 3.05) is 32.1 Å². The van der Waals surface area contributed by atoms with Crippen molar-refractivity contribution >= 4 is 5.82 Å². The van der Waals surface area contributed by atoms with E-state index < -0.39 is 0 Å². The number of aromatic nitrogens is 1. The van der Waals surface area contributed by atoms with Gasteiger partial charge in [0, 0.05) is 37.4 Å². The van der Waals surface area contributed by atoms with Gasteiger partial charge >= 0.3 is 0 Å². The average molecular weight is 288 g/mol. The van der Waals surface area contributed by atoms with Crippen molar-refractivity contribution in [1.29, 1.82) is 0 Å². The molecule has 2 aliphatic rings. The van der Waals surface area contributed by atoms with Crippen LogP contribution < -0.4 is 10.2 Å². The number of hydrogen-bond acceptors (Lipinski definition) is 4. The number of pyridine rings is 1. The number of nitrogens with zero attached hydrogens (tertiary/aromatic N) is 3. The van der Waals surface area contributed by atoms with Gasteiger partial charge in [0.15, 0.2) is 0 Å². The summed E-state index contributed by atoms with van der Waals surface area (Å²) in [5, 5.41) is 3.57. The summed E-state index contributed by atoms with van der Waals surface area (Å²) in [7, 11) is 4.37. The Bertz CT molecular complexity index is 474. The van der Waals surface area contributed by atoms with Crippen LogP contribution in [0.1, 0.15) is 36.9 Å². The van der Waals surface area contributed by atoms with E-state index >= 15 is 0 Å². The first-order valence-electron chi connectivity index (χ1n) is 8.25. The summed E-state index contributed by atoms with van der Waals surface area (Å²) in [6.45, 7) is 5.34. The summed E-state index contributed by atoms with van der Waals surface area (Å²) in [5.41, 5.74) is 2.52. The lowest BCUT2D eigenvalue weighted by Crippen LogP contribution is -2.42. The average Bonchev–Trinajstić information content (AvgIpc) is 3.30. The van der Waals surface area contributed by atoms with E-state index in [0.29, 0.717) is 0 Å². The second-order valence-electron chi connectivity index (χ2n) is 6.75. The molecule has 1 aromatic heterocycles. The molecule has 1 aliphatic heterocycles. The maximum atomic E-state index is 4.84. The van der Waals surface area contributed by atoms with E-state index in [9.17, 15) is 0 Å². The highest BCUT2D eigenvalue weighted by atomic mass is 15.2. The first kappa shape index (κ1) is 14.8. The molecule has 1 aliphatic carbocycles. The van der Waals surface area contributed by atoms with Crippen LogP contribution in [0.3, 0.4) is 0 Å². The van der Waals surface area contributed by atoms with Gasteiger partial charge in [0.05, 0.1) is 0 Å². The first-order valence-corrected chi connectivity index (χ1v) is 8.25. The molecule has 0 atom stereocenters. The van der Waals surface area contributed by atoms with E-state index in [4.69, 9.17) is 4.98 Å². The molecule has 4 heteroatoms. The maximum Gasteiger partial charge on any atom is 0.128 e. The summed E-state index contributed by atoms with van der Waals surface area (Å²) < 4.78 is 0. The van der Waals surface area contributed by atoms with Crippen LogP contribution in [0.5, 0.6) is 0 Å². The minimum atomic E-state index is 0.726. The largest absolute Gasteiger partial charge is 0.356 e. The predicted octanol–water partition coefficient (Wildman–Crippen LogP) is 2.17. The quantitative estimate of drug-likeness (QED) is 0.900. The van der Waals surface area contributed by atoms with Crippen molar-refractivity contribution < 1.29 is 0 Å². The Balaban J connectivity index is 1.59. The van der Waals surface area contributed by atoms with Gasteiger partial charge in [0.2, 0.25) is 0 Å². The molecule has 0 radical (unpaired) electrons. The summed E-state index contributed by atoms with van der Waals surface area (Å²) in [6.07, 6.45) is 5.15. The van der Waals surface area contributed by atoms with Crippen LogP contribution in [-0.2, 0) is 6.54 Å². The van der Waals surface area contributed by atoms with Crippen LogP contribution in [0.15, 0.2) is 12.1 Å². The molecule has 2 heterocycles. The predicted molar refractivity (Wildman–Crippen MR) is 87.8 cm³/mol. The normalized spacial score (nSPS) is 20.3. The molecule has 3 rings (SSSR count). The summed E-state index contributed by atoms with van der Waals surface area (Å²) in [4.78, 5) is 9.62. The van der Waals surface area contributed by atoms with Gasteiger partial charge in [-0.2, -0.15) is 0 Å². The number of anilines is 1. The molecule has 1 saturated heterocycles. The second kappa shape index (κ2) is 6.32. The van der Waals surface area contributed by atoms with Crippen molar-refractivity contribution in [2.45, 2.75) is 51.2 Å². The number of aryl methyl sites for hydroxylation is 1. The zero-order valence-corrected chi connectivity index (χ0v) is 13.6. The molecule has 2 fully saturated rings. The van der Waals surface area contributed by atoms with E-state index in [2.05, 4.69) is 48.3 Å². The maximum absolute atomic E-state index is 4.84. The van der Waals surface area contributed by atoms with Crippen LogP contribution in [0.4, 0.5) is 5.82 Å². The Kier molecular flexibility index (Phi) is 4.45. The van der Waals surface area contributed by atoms with Gasteiger partial charge in [-0.1, -0.05) is 6.07 Å². The van der Waals surface area contributed by atoms with Gasteiger partial charge in [-0.05, 0) is 58.3 Å². The van der Waals surface area contributed by atoms with Gasteiger partial charge in [-0.15, -0.1) is 0 Å². The standard InChI is InChI=1S/C17H28N4/c1-13-14(12-18-15-5-6-15)4-7-17(19-13)21-10-8-16(9-11-21)20(2)3/h4,7,15-16,18H,5-6,8-12H2,1-3H3. The minimum Gasteiger partial charge on any atom is -0.356 e. The minimum absolute atomic E-state index is 0.726. The number of hydrogen-bond donors (Lipinski definition) is 1. The van der Waals surface area contributed by atoms with Gasteiger partial charge in [-0.25, -0.2) is 4.98 Å². The third-order valence-electron chi connectivity index (χ3n) is 4.86. The molecule has 1 saturated carbocycles. The highest BCUT2D eigenvalue weighted by molar-refractivity contribution is 5.42. The molecule has 116 valence electrons. The van der Waals surface area contributed by atoms with E-state index in [-0.39, 0.29) is 0 Å². The zero-order valence-electron chi connectivity index (χ0n) is 13.6. The van der Waals surface area contributed by atoms with E-state index in [1.54, 1.807) is 0 Å². The summed E-state index contributed by atoms with van der Waals surface area (Å²) >= 11 is 0. The van der Waals surface area contributed by atoms with Crippen LogP contribution in [-0.4, -0.2) is 49.2 Å². The highest BCUT2D eigenvalue weighted by Crippen LogP contribution is 2.23. The van der Waals surface area contributed by atoms with Crippen LogP contribution >= 0.6 is 0 Å². The Morgan fingerprint density at radius 1 is 1.19 bits per heavy atom. The lowest BCUT2D eigenvalue weighted by molar-refractivity contribution is 0.249. The Morgan fingerprint density at radius 3 is 2.48 bits per heavy atom. The van der Waals surface area contributed by atoms with Crippen molar-refractivity contribution in [3.8, 4) is 0 Å². The molecule has 1 N–H and O–H groups in total. The Labute approximate surface area is 128 Å². The molecular formula is C17H28N4. The molecule has 0 spiro atoms. The Hall–Kier alpha value is -1.13. The molecule has 0 bridgehead atoms. The van der Waals surface area contributed by atoms with Crippen LogP contribution in [0.25, 0.3) is 0 Å². The summed E-state index contributed by atoms with van der Waals surface area (Å²) in [6, 6.07) is 5.94. The highest BCUT2D eigenvalue weighted by Gasteiger charge is 2.22. The van der Waals surface area contributed by atoms with Crippen molar-refractivity contribution in [1.82, 2.24) is 15.2 Å². The second-order valence-corrected chi connectivity index (χ2v) is 6.75.